The predicted molar refractivity (Wildman–Crippen MR) is 85.8 cm³/mol. The van der Waals surface area contributed by atoms with Crippen LogP contribution < -0.4 is 5.32 Å². The second-order valence-corrected chi connectivity index (χ2v) is 5.90. The SMILES string of the molecule is C[C@H](OC(=O)C1=COCCO1)C(=O)N[C@@H]1CCCc2ccccc21. The van der Waals surface area contributed by atoms with Gasteiger partial charge in [-0.1, -0.05) is 24.3 Å². The number of hydrogen-bond donors (Lipinski definition) is 1. The monoisotopic (exact) mass is 331 g/mol. The molecule has 1 N–H and O–H groups in total. The highest BCUT2D eigenvalue weighted by Crippen LogP contribution is 2.29. The van der Waals surface area contributed by atoms with Crippen molar-refractivity contribution >= 4 is 11.9 Å². The van der Waals surface area contributed by atoms with Crippen molar-refractivity contribution in [1.82, 2.24) is 5.32 Å². The molecule has 6 heteroatoms. The molecule has 2 atom stereocenters. The normalized spacial score (nSPS) is 20.5. The molecule has 2 aliphatic rings. The lowest BCUT2D eigenvalue weighted by Crippen LogP contribution is -2.39. The van der Waals surface area contributed by atoms with Crippen molar-refractivity contribution in [2.75, 3.05) is 13.2 Å². The fourth-order valence-corrected chi connectivity index (χ4v) is 2.94. The number of amides is 1. The quantitative estimate of drug-likeness (QED) is 0.854. The Morgan fingerprint density at radius 1 is 1.29 bits per heavy atom. The molecule has 1 aliphatic heterocycles. The summed E-state index contributed by atoms with van der Waals surface area (Å²) < 4.78 is 15.3. The summed E-state index contributed by atoms with van der Waals surface area (Å²) in [5.74, 6) is -1.02. The van der Waals surface area contributed by atoms with Gasteiger partial charge in [0.1, 0.15) is 19.5 Å². The van der Waals surface area contributed by atoms with Crippen molar-refractivity contribution < 1.29 is 23.8 Å². The van der Waals surface area contributed by atoms with Crippen molar-refractivity contribution in [3.8, 4) is 0 Å². The number of carbonyl (C=O) groups is 2. The Hall–Kier alpha value is -2.50. The van der Waals surface area contributed by atoms with Crippen LogP contribution in [0.2, 0.25) is 0 Å². The third kappa shape index (κ3) is 3.69. The van der Waals surface area contributed by atoms with Crippen LogP contribution in [0.25, 0.3) is 0 Å². The molecule has 0 saturated carbocycles. The van der Waals surface area contributed by atoms with Crippen molar-refractivity contribution in [3.63, 3.8) is 0 Å². The van der Waals surface area contributed by atoms with E-state index in [1.165, 1.54) is 11.8 Å². The van der Waals surface area contributed by atoms with Crippen LogP contribution in [0.15, 0.2) is 36.3 Å². The Labute approximate surface area is 140 Å². The standard InChI is InChI=1S/C18H21NO5/c1-12(24-18(21)16-11-22-9-10-23-16)17(20)19-15-8-4-6-13-5-2-3-7-14(13)15/h2-3,5,7,11-12,15H,4,6,8-10H2,1H3,(H,19,20)/t12-,15+/m0/s1. The molecule has 0 radical (unpaired) electrons. The Morgan fingerprint density at radius 2 is 2.12 bits per heavy atom. The first-order valence-corrected chi connectivity index (χ1v) is 8.19. The molecule has 3 rings (SSSR count). The van der Waals surface area contributed by atoms with Gasteiger partial charge in [-0.15, -0.1) is 0 Å². The number of ether oxygens (including phenoxy) is 3. The van der Waals surface area contributed by atoms with Gasteiger partial charge in [-0.3, -0.25) is 4.79 Å². The molecule has 0 aromatic heterocycles. The zero-order valence-corrected chi connectivity index (χ0v) is 13.6. The number of rotatable bonds is 4. The van der Waals surface area contributed by atoms with E-state index in [-0.39, 0.29) is 17.7 Å². The molecule has 1 aliphatic carbocycles. The number of hydrogen-bond acceptors (Lipinski definition) is 5. The molecule has 0 fully saturated rings. The first kappa shape index (κ1) is 16.4. The van der Waals surface area contributed by atoms with Crippen molar-refractivity contribution in [1.29, 1.82) is 0 Å². The maximum absolute atomic E-state index is 12.4. The summed E-state index contributed by atoms with van der Waals surface area (Å²) in [6, 6.07) is 8.06. The highest BCUT2D eigenvalue weighted by molar-refractivity contribution is 5.90. The molecule has 0 spiro atoms. The Kier molecular flexibility index (Phi) is 5.03. The molecule has 1 amide bonds. The third-order valence-electron chi connectivity index (χ3n) is 4.19. The minimum atomic E-state index is -0.905. The van der Waals surface area contributed by atoms with Crippen LogP contribution >= 0.6 is 0 Å². The maximum atomic E-state index is 12.4. The number of benzene rings is 1. The first-order chi connectivity index (χ1) is 11.6. The van der Waals surface area contributed by atoms with Crippen molar-refractivity contribution in [2.24, 2.45) is 0 Å². The molecule has 1 heterocycles. The smallest absolute Gasteiger partial charge is 0.377 e. The second kappa shape index (κ2) is 7.38. The van der Waals surface area contributed by atoms with Crippen LogP contribution in [0.4, 0.5) is 0 Å². The minimum Gasteiger partial charge on any atom is -0.493 e. The number of esters is 1. The van der Waals surface area contributed by atoms with Crippen LogP contribution in [0.3, 0.4) is 0 Å². The summed E-state index contributed by atoms with van der Waals surface area (Å²) in [7, 11) is 0. The average molecular weight is 331 g/mol. The second-order valence-electron chi connectivity index (χ2n) is 5.90. The highest BCUT2D eigenvalue weighted by atomic mass is 16.6. The summed E-state index contributed by atoms with van der Waals surface area (Å²) in [6.07, 6.45) is 3.24. The van der Waals surface area contributed by atoms with Gasteiger partial charge in [0.2, 0.25) is 5.76 Å². The Bertz CT molecular complexity index is 655. The van der Waals surface area contributed by atoms with Gasteiger partial charge in [0, 0.05) is 0 Å². The van der Waals surface area contributed by atoms with E-state index in [9.17, 15) is 9.59 Å². The van der Waals surface area contributed by atoms with E-state index in [1.54, 1.807) is 6.92 Å². The summed E-state index contributed by atoms with van der Waals surface area (Å²) in [5.41, 5.74) is 2.40. The fourth-order valence-electron chi connectivity index (χ4n) is 2.94. The van der Waals surface area contributed by atoms with Gasteiger partial charge in [0.25, 0.3) is 5.91 Å². The molecule has 128 valence electrons. The zero-order valence-electron chi connectivity index (χ0n) is 13.6. The number of fused-ring (bicyclic) bond motifs is 1. The lowest BCUT2D eigenvalue weighted by atomic mass is 9.87. The zero-order chi connectivity index (χ0) is 16.9. The molecule has 1 aromatic rings. The van der Waals surface area contributed by atoms with Crippen LogP contribution in [-0.4, -0.2) is 31.2 Å². The van der Waals surface area contributed by atoms with Crippen LogP contribution in [-0.2, 0) is 30.2 Å². The van der Waals surface area contributed by atoms with E-state index in [4.69, 9.17) is 14.2 Å². The van der Waals surface area contributed by atoms with Gasteiger partial charge in [-0.25, -0.2) is 4.79 Å². The van der Waals surface area contributed by atoms with Gasteiger partial charge >= 0.3 is 5.97 Å². The number of aryl methyl sites for hydroxylation is 1. The minimum absolute atomic E-state index is 0.0103. The van der Waals surface area contributed by atoms with Gasteiger partial charge in [0.05, 0.1) is 6.04 Å². The summed E-state index contributed by atoms with van der Waals surface area (Å²) in [4.78, 5) is 24.3. The molecular formula is C18H21NO5. The number of carbonyl (C=O) groups excluding carboxylic acids is 2. The van der Waals surface area contributed by atoms with E-state index >= 15 is 0 Å². The molecular weight excluding hydrogens is 310 g/mol. The van der Waals surface area contributed by atoms with Gasteiger partial charge in [-0.05, 0) is 37.3 Å². The number of nitrogens with one attached hydrogen (secondary N) is 1. The fraction of sp³-hybridized carbons (Fsp3) is 0.444. The third-order valence-corrected chi connectivity index (χ3v) is 4.19. The average Bonchev–Trinajstić information content (AvgIpc) is 2.62. The summed E-state index contributed by atoms with van der Waals surface area (Å²) >= 11 is 0. The molecule has 1 aromatic carbocycles. The van der Waals surface area contributed by atoms with E-state index in [0.717, 1.165) is 24.8 Å². The van der Waals surface area contributed by atoms with Crippen molar-refractivity contribution in [2.45, 2.75) is 38.3 Å². The van der Waals surface area contributed by atoms with E-state index in [2.05, 4.69) is 11.4 Å². The highest BCUT2D eigenvalue weighted by Gasteiger charge is 2.27. The van der Waals surface area contributed by atoms with Crippen LogP contribution in [0.5, 0.6) is 0 Å². The van der Waals surface area contributed by atoms with Gasteiger partial charge < -0.3 is 19.5 Å². The Morgan fingerprint density at radius 3 is 2.92 bits per heavy atom. The summed E-state index contributed by atoms with van der Waals surface area (Å²) in [6.45, 7) is 2.24. The van der Waals surface area contributed by atoms with Crippen LogP contribution in [0, 0.1) is 0 Å². The van der Waals surface area contributed by atoms with Gasteiger partial charge in [-0.2, -0.15) is 0 Å². The molecule has 0 saturated heterocycles. The molecule has 6 nitrogen and oxygen atoms in total. The Balaban J connectivity index is 1.59. The lowest BCUT2D eigenvalue weighted by molar-refractivity contribution is -0.155. The van der Waals surface area contributed by atoms with Gasteiger partial charge in [0.15, 0.2) is 6.10 Å². The first-order valence-electron chi connectivity index (χ1n) is 8.19. The largest absolute Gasteiger partial charge is 0.493 e. The topological polar surface area (TPSA) is 73.9 Å². The van der Waals surface area contributed by atoms with E-state index < -0.39 is 12.1 Å². The predicted octanol–water partition coefficient (Wildman–Crippen LogP) is 2.00. The maximum Gasteiger partial charge on any atom is 0.377 e. The lowest BCUT2D eigenvalue weighted by Gasteiger charge is -2.27. The summed E-state index contributed by atoms with van der Waals surface area (Å²) in [5, 5.41) is 2.98. The molecule has 0 bridgehead atoms. The molecule has 24 heavy (non-hydrogen) atoms. The van der Waals surface area contributed by atoms with E-state index in [0.29, 0.717) is 13.2 Å². The molecule has 0 unspecified atom stereocenters. The van der Waals surface area contributed by atoms with E-state index in [1.807, 2.05) is 18.2 Å². The van der Waals surface area contributed by atoms with Crippen molar-refractivity contribution in [3.05, 3.63) is 47.4 Å². The van der Waals surface area contributed by atoms with Crippen LogP contribution in [0.1, 0.15) is 36.9 Å².